The van der Waals surface area contributed by atoms with Gasteiger partial charge < -0.3 is 20.1 Å². The molecule has 0 aliphatic heterocycles. The topological polar surface area (TPSA) is 72.5 Å². The number of aromatic nitrogens is 1. The van der Waals surface area contributed by atoms with Crippen LogP contribution in [0.25, 0.3) is 0 Å². The summed E-state index contributed by atoms with van der Waals surface area (Å²) in [6.45, 7) is 0.574. The fourth-order valence-electron chi connectivity index (χ4n) is 2.58. The Labute approximate surface area is 158 Å². The van der Waals surface area contributed by atoms with Crippen molar-refractivity contribution in [1.29, 1.82) is 0 Å². The number of anilines is 2. The number of benzene rings is 2. The van der Waals surface area contributed by atoms with Crippen LogP contribution in [0.4, 0.5) is 11.4 Å². The summed E-state index contributed by atoms with van der Waals surface area (Å²) in [5.74, 6) is 1.11. The van der Waals surface area contributed by atoms with E-state index in [4.69, 9.17) is 9.47 Å². The van der Waals surface area contributed by atoms with E-state index in [1.807, 2.05) is 54.6 Å². The number of hydrogen-bond donors (Lipinski definition) is 2. The lowest BCUT2D eigenvalue weighted by Gasteiger charge is -2.11. The summed E-state index contributed by atoms with van der Waals surface area (Å²) < 4.78 is 10.6. The van der Waals surface area contributed by atoms with Crippen molar-refractivity contribution in [3.8, 4) is 11.5 Å². The van der Waals surface area contributed by atoms with Crippen molar-refractivity contribution in [3.63, 3.8) is 0 Å². The molecular weight excluding hydrogens is 342 g/mol. The lowest BCUT2D eigenvalue weighted by atomic mass is 10.2. The third-order valence-corrected chi connectivity index (χ3v) is 3.97. The first-order valence-corrected chi connectivity index (χ1v) is 8.47. The first kappa shape index (κ1) is 18.3. The molecule has 2 N–H and O–H groups in total. The molecule has 1 amide bonds. The Morgan fingerprint density at radius 1 is 0.926 bits per heavy atom. The SMILES string of the molecule is COc1ccc(CNc2ccnc(C(=O)Nc3ccccc3)c2)cc1OC. The highest BCUT2D eigenvalue weighted by atomic mass is 16.5. The standard InChI is InChI=1S/C21H21N3O3/c1-26-19-9-8-15(12-20(19)27-2)14-23-17-10-11-22-18(13-17)21(25)24-16-6-4-3-5-7-16/h3-13H,14H2,1-2H3,(H,22,23)(H,24,25). The second kappa shape index (κ2) is 8.71. The minimum absolute atomic E-state index is 0.254. The Bertz CT molecular complexity index is 914. The summed E-state index contributed by atoms with van der Waals surface area (Å²) in [6, 6.07) is 18.6. The number of nitrogens with one attached hydrogen (secondary N) is 2. The molecule has 1 heterocycles. The molecule has 0 spiro atoms. The minimum Gasteiger partial charge on any atom is -0.493 e. The summed E-state index contributed by atoms with van der Waals surface area (Å²) in [5.41, 5.74) is 2.90. The van der Waals surface area contributed by atoms with Crippen molar-refractivity contribution < 1.29 is 14.3 Å². The number of nitrogens with zero attached hydrogens (tertiary/aromatic N) is 1. The van der Waals surface area contributed by atoms with E-state index in [2.05, 4.69) is 15.6 Å². The fraction of sp³-hybridized carbons (Fsp3) is 0.143. The zero-order chi connectivity index (χ0) is 19.1. The van der Waals surface area contributed by atoms with Gasteiger partial charge in [-0.05, 0) is 42.0 Å². The number of hydrogen-bond acceptors (Lipinski definition) is 5. The van der Waals surface area contributed by atoms with E-state index in [-0.39, 0.29) is 5.91 Å². The van der Waals surface area contributed by atoms with Crippen LogP contribution >= 0.6 is 0 Å². The summed E-state index contributed by atoms with van der Waals surface area (Å²) >= 11 is 0. The van der Waals surface area contributed by atoms with Gasteiger partial charge in [0, 0.05) is 24.1 Å². The lowest BCUT2D eigenvalue weighted by Crippen LogP contribution is -2.14. The molecule has 0 atom stereocenters. The van der Waals surface area contributed by atoms with E-state index in [1.165, 1.54) is 0 Å². The van der Waals surface area contributed by atoms with Crippen LogP contribution in [0.3, 0.4) is 0 Å². The van der Waals surface area contributed by atoms with Crippen molar-refractivity contribution in [2.75, 3.05) is 24.9 Å². The summed E-state index contributed by atoms with van der Waals surface area (Å²) in [7, 11) is 3.21. The maximum Gasteiger partial charge on any atom is 0.274 e. The lowest BCUT2D eigenvalue weighted by molar-refractivity contribution is 0.102. The van der Waals surface area contributed by atoms with E-state index < -0.39 is 0 Å². The molecule has 6 heteroatoms. The first-order valence-electron chi connectivity index (χ1n) is 8.47. The molecule has 2 aromatic carbocycles. The summed E-state index contributed by atoms with van der Waals surface area (Å²) in [5, 5.41) is 6.12. The molecule has 0 aliphatic rings. The van der Waals surface area contributed by atoms with Gasteiger partial charge in [0.25, 0.3) is 5.91 Å². The van der Waals surface area contributed by atoms with Gasteiger partial charge in [-0.2, -0.15) is 0 Å². The monoisotopic (exact) mass is 363 g/mol. The van der Waals surface area contributed by atoms with Crippen LogP contribution in [0.2, 0.25) is 0 Å². The van der Waals surface area contributed by atoms with Crippen LogP contribution in [0, 0.1) is 0 Å². The molecule has 138 valence electrons. The highest BCUT2D eigenvalue weighted by Gasteiger charge is 2.09. The molecule has 6 nitrogen and oxygen atoms in total. The van der Waals surface area contributed by atoms with Gasteiger partial charge in [-0.15, -0.1) is 0 Å². The van der Waals surface area contributed by atoms with Crippen LogP contribution < -0.4 is 20.1 Å². The second-order valence-corrected chi connectivity index (χ2v) is 5.79. The van der Waals surface area contributed by atoms with Crippen molar-refractivity contribution in [1.82, 2.24) is 4.98 Å². The van der Waals surface area contributed by atoms with Crippen molar-refractivity contribution in [2.24, 2.45) is 0 Å². The molecule has 0 fully saturated rings. The van der Waals surface area contributed by atoms with Crippen LogP contribution in [0.5, 0.6) is 11.5 Å². The van der Waals surface area contributed by atoms with Gasteiger partial charge in [0.1, 0.15) is 5.69 Å². The molecule has 3 rings (SSSR count). The number of pyridine rings is 1. The van der Waals surface area contributed by atoms with Gasteiger partial charge in [0.15, 0.2) is 11.5 Å². The third-order valence-electron chi connectivity index (χ3n) is 3.97. The van der Waals surface area contributed by atoms with E-state index in [0.29, 0.717) is 23.7 Å². The predicted octanol–water partition coefficient (Wildman–Crippen LogP) is 3.96. The molecule has 3 aromatic rings. The third kappa shape index (κ3) is 4.76. The van der Waals surface area contributed by atoms with Gasteiger partial charge in [-0.25, -0.2) is 0 Å². The Morgan fingerprint density at radius 3 is 2.44 bits per heavy atom. The zero-order valence-corrected chi connectivity index (χ0v) is 15.2. The number of para-hydroxylation sites is 1. The smallest absolute Gasteiger partial charge is 0.274 e. The van der Waals surface area contributed by atoms with Crippen molar-refractivity contribution in [2.45, 2.75) is 6.54 Å². The number of carbonyl (C=O) groups is 1. The maximum absolute atomic E-state index is 12.4. The number of rotatable bonds is 7. The average molecular weight is 363 g/mol. The highest BCUT2D eigenvalue weighted by molar-refractivity contribution is 6.03. The first-order chi connectivity index (χ1) is 13.2. The molecule has 0 saturated carbocycles. The van der Waals surface area contributed by atoms with Crippen LogP contribution in [-0.4, -0.2) is 25.1 Å². The Hall–Kier alpha value is -3.54. The number of amides is 1. The highest BCUT2D eigenvalue weighted by Crippen LogP contribution is 2.27. The van der Waals surface area contributed by atoms with Gasteiger partial charge in [0.2, 0.25) is 0 Å². The maximum atomic E-state index is 12.4. The minimum atomic E-state index is -0.254. The fourth-order valence-corrected chi connectivity index (χ4v) is 2.58. The van der Waals surface area contributed by atoms with Gasteiger partial charge in [0.05, 0.1) is 14.2 Å². The Balaban J connectivity index is 1.66. The van der Waals surface area contributed by atoms with E-state index in [9.17, 15) is 4.79 Å². The van der Waals surface area contributed by atoms with Crippen LogP contribution in [0.1, 0.15) is 16.1 Å². The predicted molar refractivity (Wildman–Crippen MR) is 106 cm³/mol. The second-order valence-electron chi connectivity index (χ2n) is 5.79. The molecule has 0 aliphatic carbocycles. The van der Waals surface area contributed by atoms with E-state index in [1.54, 1.807) is 26.5 Å². The number of ether oxygens (including phenoxy) is 2. The van der Waals surface area contributed by atoms with Gasteiger partial charge in [-0.3, -0.25) is 9.78 Å². The van der Waals surface area contributed by atoms with Gasteiger partial charge in [-0.1, -0.05) is 24.3 Å². The normalized spacial score (nSPS) is 10.1. The Morgan fingerprint density at radius 2 is 1.70 bits per heavy atom. The van der Waals surface area contributed by atoms with E-state index >= 15 is 0 Å². The van der Waals surface area contributed by atoms with Crippen molar-refractivity contribution in [3.05, 3.63) is 78.1 Å². The largest absolute Gasteiger partial charge is 0.493 e. The summed E-state index contributed by atoms with van der Waals surface area (Å²) in [4.78, 5) is 16.5. The molecule has 0 bridgehead atoms. The molecule has 1 aromatic heterocycles. The number of carbonyl (C=O) groups excluding carboxylic acids is 1. The van der Waals surface area contributed by atoms with Crippen molar-refractivity contribution >= 4 is 17.3 Å². The molecule has 0 radical (unpaired) electrons. The average Bonchev–Trinajstić information content (AvgIpc) is 2.73. The zero-order valence-electron chi connectivity index (χ0n) is 15.2. The van der Waals surface area contributed by atoms with Crippen LogP contribution in [-0.2, 0) is 6.54 Å². The van der Waals surface area contributed by atoms with E-state index in [0.717, 1.165) is 16.9 Å². The molecule has 27 heavy (non-hydrogen) atoms. The Kier molecular flexibility index (Phi) is 5.89. The number of methoxy groups -OCH3 is 2. The quantitative estimate of drug-likeness (QED) is 0.665. The molecule has 0 saturated heterocycles. The van der Waals surface area contributed by atoms with Crippen LogP contribution in [0.15, 0.2) is 66.9 Å². The van der Waals surface area contributed by atoms with Gasteiger partial charge >= 0.3 is 0 Å². The molecular formula is C21H21N3O3. The summed E-state index contributed by atoms with van der Waals surface area (Å²) in [6.07, 6.45) is 1.61. The molecule has 0 unspecified atom stereocenters.